The minimum Gasteiger partial charge on any atom is -0.505 e. The van der Waals surface area contributed by atoms with E-state index in [0.29, 0.717) is 0 Å². The molecule has 1 nitrogen and oxygen atoms in total. The summed E-state index contributed by atoms with van der Waals surface area (Å²) in [5.74, 6) is -3.27. The molecule has 1 N–H and O–H groups in total. The van der Waals surface area contributed by atoms with Gasteiger partial charge in [0.25, 0.3) is 0 Å². The third kappa shape index (κ3) is 1.04. The molecule has 0 saturated heterocycles. The van der Waals surface area contributed by atoms with Crippen molar-refractivity contribution in [1.82, 2.24) is 0 Å². The maximum Gasteiger partial charge on any atom is 0.201 e. The molecule has 0 atom stereocenters. The van der Waals surface area contributed by atoms with E-state index in [2.05, 4.69) is 0 Å². The quantitative estimate of drug-likeness (QED) is 0.584. The Morgan fingerprint density at radius 1 is 1.20 bits per heavy atom. The highest BCUT2D eigenvalue weighted by atomic mass is 35.5. The molecule has 0 aromatic heterocycles. The Bertz CT molecular complexity index is 235. The molecule has 4 heteroatoms. The molecule has 0 radical (unpaired) electrons. The van der Waals surface area contributed by atoms with Crippen molar-refractivity contribution in [3.63, 3.8) is 0 Å². The van der Waals surface area contributed by atoms with Crippen LogP contribution in [0.5, 0.6) is 5.75 Å². The molecule has 0 aliphatic heterocycles. The van der Waals surface area contributed by atoms with Crippen molar-refractivity contribution in [3.8, 4) is 5.75 Å². The minimum absolute atomic E-state index is 0.338. The van der Waals surface area contributed by atoms with Gasteiger partial charge in [0.1, 0.15) is 0 Å². The second kappa shape index (κ2) is 2.42. The molecule has 1 aromatic carbocycles. The van der Waals surface area contributed by atoms with Crippen LogP contribution in [0.4, 0.5) is 8.78 Å². The number of halogens is 3. The van der Waals surface area contributed by atoms with E-state index in [1.165, 1.54) is 0 Å². The molecule has 0 unspecified atom stereocenters. The Kier molecular flexibility index (Phi) is 1.76. The van der Waals surface area contributed by atoms with Crippen LogP contribution in [0.3, 0.4) is 0 Å². The van der Waals surface area contributed by atoms with Crippen LogP contribution in [0.25, 0.3) is 0 Å². The maximum atomic E-state index is 12.3. The zero-order valence-electron chi connectivity index (χ0n) is 4.74. The van der Waals surface area contributed by atoms with E-state index in [9.17, 15) is 8.78 Å². The Morgan fingerprint density at radius 2 is 1.80 bits per heavy atom. The third-order valence-corrected chi connectivity index (χ3v) is 1.31. The molecule has 0 aliphatic rings. The summed E-state index contributed by atoms with van der Waals surface area (Å²) in [6.45, 7) is 0. The van der Waals surface area contributed by atoms with Crippen molar-refractivity contribution in [2.24, 2.45) is 0 Å². The zero-order valence-corrected chi connectivity index (χ0v) is 5.49. The number of hydrogen-bond donors (Lipinski definition) is 1. The molecule has 1 aromatic rings. The van der Waals surface area contributed by atoms with E-state index < -0.39 is 17.4 Å². The highest BCUT2D eigenvalue weighted by Crippen LogP contribution is 2.23. The van der Waals surface area contributed by atoms with E-state index in [-0.39, 0.29) is 5.02 Å². The average molecular weight is 165 g/mol. The summed E-state index contributed by atoms with van der Waals surface area (Å²) in [6.07, 6.45) is 0. The van der Waals surface area contributed by atoms with Gasteiger partial charge < -0.3 is 5.11 Å². The smallest absolute Gasteiger partial charge is 0.201 e. The lowest BCUT2D eigenvalue weighted by Crippen LogP contribution is -1.84. The van der Waals surface area contributed by atoms with Crippen LogP contribution in [-0.2, 0) is 0 Å². The van der Waals surface area contributed by atoms with Gasteiger partial charge in [-0.15, -0.1) is 0 Å². The predicted octanol–water partition coefficient (Wildman–Crippen LogP) is 2.32. The Hall–Kier alpha value is -0.830. The molecule has 0 bridgehead atoms. The molecule has 0 spiro atoms. The molecular weight excluding hydrogens is 162 g/mol. The number of phenols is 1. The highest BCUT2D eigenvalue weighted by Gasteiger charge is 2.09. The Balaban J connectivity index is 3.34. The monoisotopic (exact) mass is 164 g/mol. The van der Waals surface area contributed by atoms with Crippen molar-refractivity contribution >= 4 is 11.6 Å². The van der Waals surface area contributed by atoms with Crippen LogP contribution in [0.2, 0.25) is 5.02 Å². The fourth-order valence-electron chi connectivity index (χ4n) is 0.516. The van der Waals surface area contributed by atoms with Crippen molar-refractivity contribution < 1.29 is 13.9 Å². The largest absolute Gasteiger partial charge is 0.505 e. The first kappa shape index (κ1) is 7.28. The predicted molar refractivity (Wildman–Crippen MR) is 33.0 cm³/mol. The van der Waals surface area contributed by atoms with E-state index >= 15 is 0 Å². The molecule has 0 fully saturated rings. The van der Waals surface area contributed by atoms with Gasteiger partial charge >= 0.3 is 0 Å². The van der Waals surface area contributed by atoms with Gasteiger partial charge in [-0.1, -0.05) is 11.6 Å². The fourth-order valence-corrected chi connectivity index (χ4v) is 0.662. The van der Waals surface area contributed by atoms with Gasteiger partial charge in [0.2, 0.25) is 5.82 Å². The zero-order chi connectivity index (χ0) is 7.72. The van der Waals surface area contributed by atoms with Gasteiger partial charge in [-0.2, -0.15) is 4.39 Å². The lowest BCUT2D eigenvalue weighted by atomic mass is 10.3. The van der Waals surface area contributed by atoms with Crippen LogP contribution in [-0.4, -0.2) is 5.11 Å². The fraction of sp³-hybridized carbons (Fsp3) is 0. The van der Waals surface area contributed by atoms with Gasteiger partial charge in [0.05, 0.1) is 5.02 Å². The second-order valence-corrected chi connectivity index (χ2v) is 2.10. The van der Waals surface area contributed by atoms with Gasteiger partial charge in [0, 0.05) is 0 Å². The van der Waals surface area contributed by atoms with E-state index in [1.54, 1.807) is 0 Å². The van der Waals surface area contributed by atoms with Gasteiger partial charge in [-0.05, 0) is 12.1 Å². The first-order valence-corrected chi connectivity index (χ1v) is 2.83. The van der Waals surface area contributed by atoms with Crippen molar-refractivity contribution in [2.45, 2.75) is 0 Å². The molecule has 0 amide bonds. The minimum atomic E-state index is -1.31. The molecule has 0 aliphatic carbocycles. The molecule has 54 valence electrons. The second-order valence-electron chi connectivity index (χ2n) is 1.69. The summed E-state index contributed by atoms with van der Waals surface area (Å²) in [7, 11) is 0. The highest BCUT2D eigenvalue weighted by molar-refractivity contribution is 6.30. The summed E-state index contributed by atoms with van der Waals surface area (Å²) >= 11 is 5.16. The van der Waals surface area contributed by atoms with Crippen LogP contribution in [0.15, 0.2) is 12.1 Å². The topological polar surface area (TPSA) is 20.2 Å². The van der Waals surface area contributed by atoms with Crippen molar-refractivity contribution in [1.29, 1.82) is 0 Å². The number of rotatable bonds is 0. The number of benzene rings is 1. The molecule has 1 rings (SSSR count). The normalized spacial score (nSPS) is 9.90. The van der Waals surface area contributed by atoms with E-state index in [0.717, 1.165) is 12.1 Å². The van der Waals surface area contributed by atoms with Crippen molar-refractivity contribution in [2.75, 3.05) is 0 Å². The van der Waals surface area contributed by atoms with Gasteiger partial charge in [-0.3, -0.25) is 0 Å². The number of phenolic OH excluding ortho intramolecular Hbond substituents is 1. The number of aromatic hydroxyl groups is 1. The van der Waals surface area contributed by atoms with E-state index in [1.807, 2.05) is 0 Å². The molecule has 10 heavy (non-hydrogen) atoms. The SMILES string of the molecule is Oc1ccc(Cl)c(F)c1F. The van der Waals surface area contributed by atoms with Crippen LogP contribution in [0, 0.1) is 11.6 Å². The lowest BCUT2D eigenvalue weighted by molar-refractivity contribution is 0.407. The lowest BCUT2D eigenvalue weighted by Gasteiger charge is -1.96. The summed E-state index contributed by atoms with van der Waals surface area (Å²) in [6, 6.07) is 2.07. The maximum absolute atomic E-state index is 12.3. The summed E-state index contributed by atoms with van der Waals surface area (Å²) in [5, 5.41) is 8.21. The van der Waals surface area contributed by atoms with Gasteiger partial charge in [-0.25, -0.2) is 4.39 Å². The third-order valence-electron chi connectivity index (χ3n) is 1.01. The van der Waals surface area contributed by atoms with E-state index in [4.69, 9.17) is 16.7 Å². The standard InChI is InChI=1S/C6H3ClF2O/c7-3-1-2-4(10)6(9)5(3)8/h1-2,10H. The van der Waals surface area contributed by atoms with Crippen LogP contribution < -0.4 is 0 Å². The van der Waals surface area contributed by atoms with Gasteiger partial charge in [0.15, 0.2) is 11.6 Å². The molecule has 0 saturated carbocycles. The Labute approximate surface area is 60.9 Å². The summed E-state index contributed by atoms with van der Waals surface area (Å²) < 4.78 is 24.6. The Morgan fingerprint density at radius 3 is 2.30 bits per heavy atom. The number of hydrogen-bond acceptors (Lipinski definition) is 1. The molecule has 0 heterocycles. The summed E-state index contributed by atoms with van der Waals surface area (Å²) in [5.41, 5.74) is 0. The van der Waals surface area contributed by atoms with Crippen LogP contribution >= 0.6 is 11.6 Å². The molecular formula is C6H3ClF2O. The average Bonchev–Trinajstić information content (AvgIpc) is 1.93. The first-order valence-electron chi connectivity index (χ1n) is 2.45. The van der Waals surface area contributed by atoms with Crippen LogP contribution in [0.1, 0.15) is 0 Å². The summed E-state index contributed by atoms with van der Waals surface area (Å²) in [4.78, 5) is 0. The first-order chi connectivity index (χ1) is 4.63. The van der Waals surface area contributed by atoms with Crippen molar-refractivity contribution in [3.05, 3.63) is 28.8 Å².